The molecule has 2 rings (SSSR count). The zero-order chi connectivity index (χ0) is 15.2. The van der Waals surface area contributed by atoms with E-state index < -0.39 is 11.9 Å². The molecule has 1 aliphatic rings. The van der Waals surface area contributed by atoms with E-state index in [9.17, 15) is 14.0 Å². The van der Waals surface area contributed by atoms with Crippen LogP contribution in [0.3, 0.4) is 0 Å². The largest absolute Gasteiger partial charge is 0.481 e. The highest BCUT2D eigenvalue weighted by molar-refractivity contribution is 5.78. The summed E-state index contributed by atoms with van der Waals surface area (Å²) in [5.41, 5.74) is 0.681. The van der Waals surface area contributed by atoms with E-state index in [4.69, 9.17) is 5.11 Å². The summed E-state index contributed by atoms with van der Waals surface area (Å²) in [5.74, 6) is -1.89. The number of hydrogen-bond acceptors (Lipinski definition) is 2. The maximum atomic E-state index is 13.0. The molecule has 0 aromatic heterocycles. The van der Waals surface area contributed by atoms with Crippen LogP contribution < -0.4 is 5.32 Å². The molecule has 0 spiro atoms. The van der Waals surface area contributed by atoms with Crippen LogP contribution in [0.2, 0.25) is 0 Å². The molecule has 114 valence electrons. The van der Waals surface area contributed by atoms with Gasteiger partial charge in [-0.3, -0.25) is 9.59 Å². The molecule has 5 heteroatoms. The Hall–Kier alpha value is -1.91. The van der Waals surface area contributed by atoms with Crippen LogP contribution in [0.25, 0.3) is 0 Å². The normalized spacial score (nSPS) is 16.6. The summed E-state index contributed by atoms with van der Waals surface area (Å²) in [7, 11) is 0. The summed E-state index contributed by atoms with van der Waals surface area (Å²) in [6, 6.07) is 5.89. The lowest BCUT2D eigenvalue weighted by Crippen LogP contribution is -2.33. The van der Waals surface area contributed by atoms with E-state index >= 15 is 0 Å². The van der Waals surface area contributed by atoms with Gasteiger partial charge < -0.3 is 10.4 Å². The zero-order valence-electron chi connectivity index (χ0n) is 11.8. The summed E-state index contributed by atoms with van der Waals surface area (Å²) in [4.78, 5) is 23.0. The van der Waals surface area contributed by atoms with Crippen LogP contribution in [-0.2, 0) is 9.59 Å². The van der Waals surface area contributed by atoms with Crippen molar-refractivity contribution < 1.29 is 19.1 Å². The molecule has 1 amide bonds. The second-order valence-corrected chi connectivity index (χ2v) is 5.60. The van der Waals surface area contributed by atoms with E-state index in [1.165, 1.54) is 12.1 Å². The first-order chi connectivity index (χ1) is 10.0. The van der Waals surface area contributed by atoms with E-state index in [1.54, 1.807) is 12.1 Å². The van der Waals surface area contributed by atoms with E-state index in [0.29, 0.717) is 5.56 Å². The first kappa shape index (κ1) is 15.5. The minimum absolute atomic E-state index is 0.119. The second-order valence-electron chi connectivity index (χ2n) is 5.60. The standard InChI is InChI=1S/C16H20FNO3/c17-13-7-5-11(6-8-13)12(10-16(20)21)9-15(19)18-14-3-1-2-4-14/h5-8,12,14H,1-4,9-10H2,(H,18,19)(H,20,21)/t12-/m0/s1. The SMILES string of the molecule is O=C(O)C[C@H](CC(=O)NC1CCCC1)c1ccc(F)cc1. The molecular weight excluding hydrogens is 273 g/mol. The topological polar surface area (TPSA) is 66.4 Å². The molecule has 0 radical (unpaired) electrons. The van der Waals surface area contributed by atoms with Crippen LogP contribution in [-0.4, -0.2) is 23.0 Å². The number of carbonyl (C=O) groups is 2. The van der Waals surface area contributed by atoms with Crippen molar-refractivity contribution in [3.05, 3.63) is 35.6 Å². The lowest BCUT2D eigenvalue weighted by atomic mass is 9.92. The molecule has 1 atom stereocenters. The van der Waals surface area contributed by atoms with Crippen molar-refractivity contribution in [2.75, 3.05) is 0 Å². The minimum Gasteiger partial charge on any atom is -0.481 e. The Bertz CT molecular complexity index is 495. The fourth-order valence-corrected chi connectivity index (χ4v) is 2.83. The lowest BCUT2D eigenvalue weighted by Gasteiger charge is -2.17. The Morgan fingerprint density at radius 1 is 1.19 bits per heavy atom. The number of aliphatic carboxylic acids is 1. The van der Waals surface area contributed by atoms with Crippen molar-refractivity contribution in [2.45, 2.75) is 50.5 Å². The molecule has 1 aromatic carbocycles. The van der Waals surface area contributed by atoms with E-state index in [0.717, 1.165) is 25.7 Å². The Morgan fingerprint density at radius 2 is 1.81 bits per heavy atom. The molecule has 0 bridgehead atoms. The number of benzene rings is 1. The van der Waals surface area contributed by atoms with Gasteiger partial charge >= 0.3 is 5.97 Å². The van der Waals surface area contributed by atoms with Crippen molar-refractivity contribution in [3.8, 4) is 0 Å². The molecule has 0 unspecified atom stereocenters. The number of halogens is 1. The maximum Gasteiger partial charge on any atom is 0.303 e. The van der Waals surface area contributed by atoms with Gasteiger partial charge in [-0.05, 0) is 30.5 Å². The second kappa shape index (κ2) is 7.20. The van der Waals surface area contributed by atoms with Gasteiger partial charge in [0.1, 0.15) is 5.82 Å². The van der Waals surface area contributed by atoms with Crippen LogP contribution in [0.4, 0.5) is 4.39 Å². The highest BCUT2D eigenvalue weighted by Gasteiger charge is 2.22. The molecule has 2 N–H and O–H groups in total. The quantitative estimate of drug-likeness (QED) is 0.847. The number of rotatable bonds is 6. The van der Waals surface area contributed by atoms with Crippen LogP contribution in [0.15, 0.2) is 24.3 Å². The average molecular weight is 293 g/mol. The van der Waals surface area contributed by atoms with Crippen LogP contribution in [0, 0.1) is 5.82 Å². The number of hydrogen-bond donors (Lipinski definition) is 2. The third-order valence-electron chi connectivity index (χ3n) is 3.91. The minimum atomic E-state index is -0.960. The predicted octanol–water partition coefficient (Wildman–Crippen LogP) is 2.83. The van der Waals surface area contributed by atoms with E-state index in [-0.39, 0.29) is 30.6 Å². The van der Waals surface area contributed by atoms with Crippen molar-refractivity contribution >= 4 is 11.9 Å². The first-order valence-electron chi connectivity index (χ1n) is 7.31. The highest BCUT2D eigenvalue weighted by atomic mass is 19.1. The van der Waals surface area contributed by atoms with E-state index in [2.05, 4.69) is 5.32 Å². The van der Waals surface area contributed by atoms with Gasteiger partial charge in [0.15, 0.2) is 0 Å². The first-order valence-corrected chi connectivity index (χ1v) is 7.31. The van der Waals surface area contributed by atoms with Crippen molar-refractivity contribution in [2.24, 2.45) is 0 Å². The molecule has 1 aliphatic carbocycles. The van der Waals surface area contributed by atoms with Gasteiger partial charge in [-0.15, -0.1) is 0 Å². The van der Waals surface area contributed by atoms with Gasteiger partial charge in [-0.2, -0.15) is 0 Å². The molecule has 21 heavy (non-hydrogen) atoms. The van der Waals surface area contributed by atoms with Crippen LogP contribution in [0.1, 0.15) is 50.0 Å². The predicted molar refractivity (Wildman–Crippen MR) is 76.4 cm³/mol. The summed E-state index contributed by atoms with van der Waals surface area (Å²) < 4.78 is 13.0. The summed E-state index contributed by atoms with van der Waals surface area (Å²) in [6.07, 6.45) is 4.22. The lowest BCUT2D eigenvalue weighted by molar-refractivity contribution is -0.137. The molecule has 1 saturated carbocycles. The number of carboxylic acid groups (broad SMARTS) is 1. The molecule has 0 aliphatic heterocycles. The average Bonchev–Trinajstić information content (AvgIpc) is 2.91. The number of carboxylic acids is 1. The molecular formula is C16H20FNO3. The van der Waals surface area contributed by atoms with Gasteiger partial charge in [-0.1, -0.05) is 25.0 Å². The van der Waals surface area contributed by atoms with E-state index in [1.807, 2.05) is 0 Å². The Balaban J connectivity index is 1.99. The molecule has 0 saturated heterocycles. The third-order valence-corrected chi connectivity index (χ3v) is 3.91. The van der Waals surface area contributed by atoms with Crippen LogP contribution >= 0.6 is 0 Å². The van der Waals surface area contributed by atoms with Gasteiger partial charge in [0.05, 0.1) is 6.42 Å². The van der Waals surface area contributed by atoms with Gasteiger partial charge in [0.2, 0.25) is 5.91 Å². The molecule has 0 heterocycles. The van der Waals surface area contributed by atoms with Crippen LogP contribution in [0.5, 0.6) is 0 Å². The molecule has 1 fully saturated rings. The third kappa shape index (κ3) is 4.85. The Labute approximate surface area is 123 Å². The van der Waals surface area contributed by atoms with Gasteiger partial charge in [-0.25, -0.2) is 4.39 Å². The monoisotopic (exact) mass is 293 g/mol. The summed E-state index contributed by atoms with van der Waals surface area (Å²) >= 11 is 0. The molecule has 1 aromatic rings. The summed E-state index contributed by atoms with van der Waals surface area (Å²) in [6.45, 7) is 0. The zero-order valence-corrected chi connectivity index (χ0v) is 11.8. The number of nitrogens with one attached hydrogen (secondary N) is 1. The fourth-order valence-electron chi connectivity index (χ4n) is 2.83. The van der Waals surface area contributed by atoms with Crippen molar-refractivity contribution in [1.82, 2.24) is 5.32 Å². The Kier molecular flexibility index (Phi) is 5.31. The maximum absolute atomic E-state index is 13.0. The fraction of sp³-hybridized carbons (Fsp3) is 0.500. The van der Waals surface area contributed by atoms with Gasteiger partial charge in [0.25, 0.3) is 0 Å². The smallest absolute Gasteiger partial charge is 0.303 e. The number of amides is 1. The molecule has 4 nitrogen and oxygen atoms in total. The van der Waals surface area contributed by atoms with Gasteiger partial charge in [0, 0.05) is 18.4 Å². The summed E-state index contributed by atoms with van der Waals surface area (Å²) in [5, 5.41) is 11.9. The van der Waals surface area contributed by atoms with Crippen molar-refractivity contribution in [3.63, 3.8) is 0 Å². The number of carbonyl (C=O) groups excluding carboxylic acids is 1. The highest BCUT2D eigenvalue weighted by Crippen LogP contribution is 2.25. The van der Waals surface area contributed by atoms with Crippen molar-refractivity contribution in [1.29, 1.82) is 0 Å². The Morgan fingerprint density at radius 3 is 2.38 bits per heavy atom.